The monoisotopic (exact) mass is 301 g/mol. The van der Waals surface area contributed by atoms with Crippen LogP contribution < -0.4 is 0 Å². The normalized spacial score (nSPS) is 18.7. The van der Waals surface area contributed by atoms with E-state index in [4.69, 9.17) is 0 Å². The molecule has 1 fully saturated rings. The Bertz CT molecular complexity index is 300. The molecule has 0 amide bonds. The van der Waals surface area contributed by atoms with Gasteiger partial charge in [0.1, 0.15) is 0 Å². The Morgan fingerprint density at radius 3 is 2.81 bits per heavy atom. The van der Waals surface area contributed by atoms with Gasteiger partial charge in [0.05, 0.1) is 0 Å². The second kappa shape index (κ2) is 5.65. The van der Waals surface area contributed by atoms with Crippen molar-refractivity contribution in [1.82, 2.24) is 4.90 Å². The number of hydrogen-bond acceptors (Lipinski definition) is 2. The smallest absolute Gasteiger partial charge is 0.0100 e. The Morgan fingerprint density at radius 2 is 2.31 bits per heavy atom. The summed E-state index contributed by atoms with van der Waals surface area (Å²) in [7, 11) is 2.26. The zero-order valence-corrected chi connectivity index (χ0v) is 12.3. The molecule has 0 atom stereocenters. The molecule has 1 aliphatic rings. The van der Waals surface area contributed by atoms with Gasteiger partial charge in [-0.05, 0) is 43.2 Å². The fourth-order valence-corrected chi connectivity index (χ4v) is 3.85. The van der Waals surface area contributed by atoms with Gasteiger partial charge in [0.2, 0.25) is 0 Å². The van der Waals surface area contributed by atoms with Gasteiger partial charge in [-0.3, -0.25) is 0 Å². The number of rotatable bonds is 6. The number of alkyl halides is 1. The van der Waals surface area contributed by atoms with E-state index in [9.17, 15) is 0 Å². The van der Waals surface area contributed by atoms with Gasteiger partial charge in [0.15, 0.2) is 0 Å². The van der Waals surface area contributed by atoms with Crippen LogP contribution >= 0.6 is 27.3 Å². The summed E-state index contributed by atoms with van der Waals surface area (Å²) in [6, 6.07) is 4.38. The van der Waals surface area contributed by atoms with Crippen LogP contribution in [0.4, 0.5) is 0 Å². The van der Waals surface area contributed by atoms with Gasteiger partial charge in [-0.1, -0.05) is 28.4 Å². The van der Waals surface area contributed by atoms with Crippen molar-refractivity contribution in [3.8, 4) is 0 Å². The lowest BCUT2D eigenvalue weighted by Crippen LogP contribution is -2.42. The molecule has 1 saturated carbocycles. The Hall–Kier alpha value is 0.140. The second-order valence-electron chi connectivity index (χ2n) is 5.05. The van der Waals surface area contributed by atoms with E-state index in [1.165, 1.54) is 49.0 Å². The predicted molar refractivity (Wildman–Crippen MR) is 75.6 cm³/mol. The highest BCUT2D eigenvalue weighted by Gasteiger charge is 2.36. The molecule has 0 saturated heterocycles. The minimum Gasteiger partial charge on any atom is -0.305 e. The van der Waals surface area contributed by atoms with Crippen LogP contribution in [0.1, 0.15) is 24.1 Å². The molecule has 0 N–H and O–H groups in total. The van der Waals surface area contributed by atoms with E-state index < -0.39 is 0 Å². The fourth-order valence-electron chi connectivity index (χ4n) is 2.42. The highest BCUT2D eigenvalue weighted by molar-refractivity contribution is 9.09. The topological polar surface area (TPSA) is 3.24 Å². The fraction of sp³-hybridized carbons (Fsp3) is 0.692. The number of thiophene rings is 1. The minimum absolute atomic E-state index is 0.587. The molecule has 2 rings (SSSR count). The maximum absolute atomic E-state index is 3.68. The van der Waals surface area contributed by atoms with Crippen molar-refractivity contribution in [1.29, 1.82) is 0 Å². The van der Waals surface area contributed by atoms with Crippen molar-refractivity contribution in [2.75, 3.05) is 25.5 Å². The molecular weight excluding hydrogens is 282 g/mol. The zero-order valence-electron chi connectivity index (χ0n) is 9.92. The molecule has 1 aromatic heterocycles. The Kier molecular flexibility index (Phi) is 4.45. The van der Waals surface area contributed by atoms with Gasteiger partial charge in [-0.2, -0.15) is 0 Å². The SMILES string of the molecule is CN(CCc1cccs1)CC1(CBr)CCC1. The summed E-state index contributed by atoms with van der Waals surface area (Å²) in [5.74, 6) is 0. The minimum atomic E-state index is 0.587. The third kappa shape index (κ3) is 3.08. The van der Waals surface area contributed by atoms with E-state index in [2.05, 4.69) is 45.4 Å². The molecule has 0 radical (unpaired) electrons. The van der Waals surface area contributed by atoms with Crippen molar-refractivity contribution < 1.29 is 0 Å². The Balaban J connectivity index is 1.73. The summed E-state index contributed by atoms with van der Waals surface area (Å²) >= 11 is 5.55. The maximum Gasteiger partial charge on any atom is 0.0100 e. The molecule has 90 valence electrons. The van der Waals surface area contributed by atoms with Gasteiger partial charge in [0.25, 0.3) is 0 Å². The first-order chi connectivity index (χ1) is 7.74. The van der Waals surface area contributed by atoms with Crippen LogP contribution in [0.2, 0.25) is 0 Å². The summed E-state index contributed by atoms with van der Waals surface area (Å²) in [6.07, 6.45) is 5.43. The predicted octanol–water partition coefficient (Wildman–Crippen LogP) is 3.79. The standard InChI is InChI=1S/C13H20BrNS/c1-15(8-5-12-4-2-9-16-12)11-13(10-14)6-3-7-13/h2,4,9H,3,5-8,10-11H2,1H3. The van der Waals surface area contributed by atoms with Crippen LogP contribution in [0.25, 0.3) is 0 Å². The molecule has 0 aromatic carbocycles. The lowest BCUT2D eigenvalue weighted by Gasteiger charge is -2.43. The molecule has 0 aliphatic heterocycles. The number of likely N-dealkylation sites (N-methyl/N-ethyl adjacent to an activating group) is 1. The number of halogens is 1. The molecule has 1 aromatic rings. The molecule has 1 heterocycles. The van der Waals surface area contributed by atoms with E-state index in [1.54, 1.807) is 0 Å². The number of nitrogens with zero attached hydrogens (tertiary/aromatic N) is 1. The van der Waals surface area contributed by atoms with Crippen molar-refractivity contribution in [3.05, 3.63) is 22.4 Å². The third-order valence-corrected chi connectivity index (χ3v) is 5.75. The molecule has 0 spiro atoms. The van der Waals surface area contributed by atoms with Crippen LogP contribution in [0.3, 0.4) is 0 Å². The molecule has 1 nitrogen and oxygen atoms in total. The lowest BCUT2D eigenvalue weighted by molar-refractivity contribution is 0.107. The van der Waals surface area contributed by atoms with Gasteiger partial charge in [-0.25, -0.2) is 0 Å². The molecule has 0 bridgehead atoms. The van der Waals surface area contributed by atoms with Crippen molar-refractivity contribution in [3.63, 3.8) is 0 Å². The Labute approximate surface area is 111 Å². The lowest BCUT2D eigenvalue weighted by atomic mass is 9.70. The van der Waals surface area contributed by atoms with Crippen molar-refractivity contribution >= 4 is 27.3 Å². The summed E-state index contributed by atoms with van der Waals surface area (Å²) in [6.45, 7) is 2.44. The van der Waals surface area contributed by atoms with Crippen LogP contribution in [0.15, 0.2) is 17.5 Å². The van der Waals surface area contributed by atoms with Crippen molar-refractivity contribution in [2.24, 2.45) is 5.41 Å². The van der Waals surface area contributed by atoms with Crippen molar-refractivity contribution in [2.45, 2.75) is 25.7 Å². The summed E-state index contributed by atoms with van der Waals surface area (Å²) in [5.41, 5.74) is 0.587. The van der Waals surface area contributed by atoms with Gasteiger partial charge in [-0.15, -0.1) is 11.3 Å². The molecule has 16 heavy (non-hydrogen) atoms. The Morgan fingerprint density at radius 1 is 1.50 bits per heavy atom. The maximum atomic E-state index is 3.68. The van der Waals surface area contributed by atoms with E-state index in [0.717, 1.165) is 0 Å². The molecule has 0 unspecified atom stereocenters. The van der Waals surface area contributed by atoms with Crippen LogP contribution in [0, 0.1) is 5.41 Å². The molecular formula is C13H20BrNS. The van der Waals surface area contributed by atoms with E-state index in [0.29, 0.717) is 5.41 Å². The van der Waals surface area contributed by atoms with E-state index in [-0.39, 0.29) is 0 Å². The van der Waals surface area contributed by atoms with Crippen LogP contribution in [-0.4, -0.2) is 30.4 Å². The highest BCUT2D eigenvalue weighted by Crippen LogP contribution is 2.42. The molecule has 3 heteroatoms. The van der Waals surface area contributed by atoms with Gasteiger partial charge >= 0.3 is 0 Å². The first kappa shape index (κ1) is 12.6. The summed E-state index contributed by atoms with van der Waals surface area (Å²) in [4.78, 5) is 4.01. The van der Waals surface area contributed by atoms with Gasteiger partial charge < -0.3 is 4.90 Å². The largest absolute Gasteiger partial charge is 0.305 e. The number of hydrogen-bond donors (Lipinski definition) is 0. The highest BCUT2D eigenvalue weighted by atomic mass is 79.9. The summed E-state index contributed by atoms with van der Waals surface area (Å²) in [5, 5.41) is 3.34. The first-order valence-electron chi connectivity index (χ1n) is 6.01. The van der Waals surface area contributed by atoms with E-state index >= 15 is 0 Å². The van der Waals surface area contributed by atoms with Gasteiger partial charge in [0, 0.05) is 23.3 Å². The third-order valence-electron chi connectivity index (χ3n) is 3.62. The first-order valence-corrected chi connectivity index (χ1v) is 8.01. The quantitative estimate of drug-likeness (QED) is 0.723. The second-order valence-corrected chi connectivity index (χ2v) is 6.65. The molecule has 1 aliphatic carbocycles. The van der Waals surface area contributed by atoms with Crippen LogP contribution in [0.5, 0.6) is 0 Å². The average Bonchev–Trinajstić information content (AvgIpc) is 2.73. The summed E-state index contributed by atoms with van der Waals surface area (Å²) < 4.78 is 0. The average molecular weight is 302 g/mol. The van der Waals surface area contributed by atoms with E-state index in [1.807, 2.05) is 11.3 Å². The zero-order chi connectivity index (χ0) is 11.4. The van der Waals surface area contributed by atoms with Crippen LogP contribution in [-0.2, 0) is 6.42 Å².